The van der Waals surface area contributed by atoms with Crippen molar-refractivity contribution in [1.82, 2.24) is 0 Å². The number of phosphoric ester groups is 1. The smallest absolute Gasteiger partial charge is 0.462 e. The number of hydrogen-bond donors (Lipinski definition) is 2. The molecule has 0 saturated carbocycles. The lowest BCUT2D eigenvalue weighted by Crippen LogP contribution is -2.29. The van der Waals surface area contributed by atoms with E-state index in [-0.39, 0.29) is 32.6 Å². The van der Waals surface area contributed by atoms with Gasteiger partial charge in [-0.05, 0) is 116 Å². The molecule has 10 heteroatoms. The normalized spacial score (nSPS) is 14.0. The van der Waals surface area contributed by atoms with E-state index in [4.69, 9.17) is 24.3 Å². The Kier molecular flexibility index (Phi) is 61.7. The minimum Gasteiger partial charge on any atom is -0.462 e. The van der Waals surface area contributed by atoms with E-state index >= 15 is 0 Å². The molecule has 0 aliphatic carbocycles. The maximum atomic E-state index is 12.7. The van der Waals surface area contributed by atoms with Crippen molar-refractivity contribution >= 4 is 19.8 Å². The Balaban J connectivity index is 3.92. The molecule has 0 saturated heterocycles. The Labute approximate surface area is 496 Å². The zero-order valence-electron chi connectivity index (χ0n) is 51.5. The molecule has 0 aromatic heterocycles. The van der Waals surface area contributed by atoms with Crippen molar-refractivity contribution in [1.29, 1.82) is 0 Å². The standard InChI is InChI=1S/C71H118NO8P/c1-3-5-7-9-11-13-15-17-19-21-23-25-26-27-28-29-30-31-32-33-34-35-36-37-38-39-40-41-42-44-46-48-50-52-54-56-58-60-62-64-71(74)80-69(68-79-81(75,76)78-66-65-72)67-77-70(73)63-61-59-57-55-53-51-49-47-45-43-24-22-20-18-16-14-12-10-8-6-4-2/h5-8,11-14,17-20,23-25,27-28,30-31,43,47,49,53,55,69H,3-4,9-10,15-16,21-22,26,29,32-42,44-46,48,50-52,54,56-68,72H2,1-2H3,(H,75,76)/b7-5-,8-6-,13-11-,14-12-,19-17-,20-18-,25-23-,28-27-,31-30-,43-24-,49-47-,55-53-. The number of carbonyl (C=O) groups is 2. The van der Waals surface area contributed by atoms with Crippen LogP contribution in [-0.2, 0) is 32.7 Å². The van der Waals surface area contributed by atoms with Gasteiger partial charge in [0.25, 0.3) is 0 Å². The van der Waals surface area contributed by atoms with Crippen LogP contribution < -0.4 is 5.73 Å². The van der Waals surface area contributed by atoms with Crippen molar-refractivity contribution in [3.8, 4) is 0 Å². The highest BCUT2D eigenvalue weighted by Crippen LogP contribution is 2.43. The molecule has 0 amide bonds. The van der Waals surface area contributed by atoms with E-state index in [0.717, 1.165) is 109 Å². The zero-order valence-corrected chi connectivity index (χ0v) is 52.4. The Hall–Kier alpha value is -4.11. The molecular weight excluding hydrogens is 1030 g/mol. The highest BCUT2D eigenvalue weighted by atomic mass is 31.2. The van der Waals surface area contributed by atoms with Gasteiger partial charge in [0.1, 0.15) is 6.61 Å². The van der Waals surface area contributed by atoms with Crippen LogP contribution in [0.5, 0.6) is 0 Å². The number of hydrogen-bond acceptors (Lipinski definition) is 8. The van der Waals surface area contributed by atoms with Crippen LogP contribution in [0.3, 0.4) is 0 Å². The van der Waals surface area contributed by atoms with Crippen LogP contribution in [-0.4, -0.2) is 49.3 Å². The summed E-state index contributed by atoms with van der Waals surface area (Å²) in [7, 11) is -4.41. The average molecular weight is 1140 g/mol. The van der Waals surface area contributed by atoms with Gasteiger partial charge in [-0.1, -0.05) is 275 Å². The second-order valence-electron chi connectivity index (χ2n) is 20.9. The summed E-state index contributed by atoms with van der Waals surface area (Å²) >= 11 is 0. The highest BCUT2D eigenvalue weighted by molar-refractivity contribution is 7.47. The molecule has 0 radical (unpaired) electrons. The monoisotopic (exact) mass is 1140 g/mol. The first-order valence-electron chi connectivity index (χ1n) is 32.3. The van der Waals surface area contributed by atoms with Crippen molar-refractivity contribution in [2.75, 3.05) is 26.4 Å². The predicted octanol–water partition coefficient (Wildman–Crippen LogP) is 21.1. The molecular formula is C71H118NO8P. The molecule has 3 N–H and O–H groups in total. The summed E-state index contributed by atoms with van der Waals surface area (Å²) in [6.07, 6.45) is 93.6. The van der Waals surface area contributed by atoms with Gasteiger partial charge < -0.3 is 20.1 Å². The molecule has 81 heavy (non-hydrogen) atoms. The van der Waals surface area contributed by atoms with E-state index in [0.29, 0.717) is 12.8 Å². The molecule has 0 bridgehead atoms. The van der Waals surface area contributed by atoms with Crippen LogP contribution >= 0.6 is 7.82 Å². The quantitative estimate of drug-likeness (QED) is 0.0264. The van der Waals surface area contributed by atoms with E-state index in [1.807, 2.05) is 0 Å². The van der Waals surface area contributed by atoms with Gasteiger partial charge in [-0.2, -0.15) is 0 Å². The minimum absolute atomic E-state index is 0.0415. The van der Waals surface area contributed by atoms with Gasteiger partial charge >= 0.3 is 19.8 Å². The number of unbranched alkanes of at least 4 members (excludes halogenated alkanes) is 22. The summed E-state index contributed by atoms with van der Waals surface area (Å²) in [6.45, 7) is 3.46. The van der Waals surface area contributed by atoms with Crippen LogP contribution in [0.15, 0.2) is 146 Å². The number of allylic oxidation sites excluding steroid dienone is 24. The second-order valence-corrected chi connectivity index (χ2v) is 22.3. The fraction of sp³-hybridized carbons (Fsp3) is 0.634. The maximum Gasteiger partial charge on any atom is 0.472 e. The third-order valence-corrected chi connectivity index (χ3v) is 14.2. The number of rotatable bonds is 59. The molecule has 0 aromatic carbocycles. The van der Waals surface area contributed by atoms with E-state index in [1.165, 1.54) is 109 Å². The lowest BCUT2D eigenvalue weighted by Gasteiger charge is -2.19. The molecule has 0 heterocycles. The number of phosphoric acid groups is 1. The number of esters is 2. The van der Waals surface area contributed by atoms with Crippen LogP contribution in [0, 0.1) is 0 Å². The van der Waals surface area contributed by atoms with Crippen LogP contribution in [0.2, 0.25) is 0 Å². The third-order valence-electron chi connectivity index (χ3n) is 13.2. The zero-order chi connectivity index (χ0) is 58.7. The molecule has 460 valence electrons. The molecule has 0 aromatic rings. The third kappa shape index (κ3) is 64.9. The highest BCUT2D eigenvalue weighted by Gasteiger charge is 2.26. The van der Waals surface area contributed by atoms with E-state index in [1.54, 1.807) is 0 Å². The minimum atomic E-state index is -4.41. The summed E-state index contributed by atoms with van der Waals surface area (Å²) in [5, 5.41) is 0. The predicted molar refractivity (Wildman–Crippen MR) is 348 cm³/mol. The SMILES string of the molecule is CC/C=C\C/C=C\C/C=C\C/C=C\C/C=C\C/C=C\CCCCCCCCCCCCCCCCCCCCCCC(=O)OC(COC(=O)CCCC/C=C\C/C=C\C/C=C\C/C=C\C/C=C\C/C=C\CC)COP(=O)(O)OCCN. The van der Waals surface area contributed by atoms with Crippen molar-refractivity contribution in [2.24, 2.45) is 5.73 Å². The topological polar surface area (TPSA) is 134 Å². The number of ether oxygens (including phenoxy) is 2. The summed E-state index contributed by atoms with van der Waals surface area (Å²) < 4.78 is 33.0. The molecule has 0 aliphatic rings. The number of carbonyl (C=O) groups excluding carboxylic acids is 2. The molecule has 2 atom stereocenters. The summed E-state index contributed by atoms with van der Waals surface area (Å²) in [4.78, 5) is 35.2. The van der Waals surface area contributed by atoms with Gasteiger partial charge in [0.2, 0.25) is 0 Å². The molecule has 0 aliphatic heterocycles. The molecule has 0 spiro atoms. The van der Waals surface area contributed by atoms with E-state index < -0.39 is 32.5 Å². The number of nitrogens with two attached hydrogens (primary N) is 1. The lowest BCUT2D eigenvalue weighted by molar-refractivity contribution is -0.161. The van der Waals surface area contributed by atoms with Crippen LogP contribution in [0.25, 0.3) is 0 Å². The summed E-state index contributed by atoms with van der Waals surface area (Å²) in [6, 6.07) is 0. The fourth-order valence-corrected chi connectivity index (χ4v) is 9.29. The van der Waals surface area contributed by atoms with Gasteiger partial charge in [-0.3, -0.25) is 18.6 Å². The Morgan fingerprint density at radius 1 is 0.370 bits per heavy atom. The van der Waals surface area contributed by atoms with E-state index in [9.17, 15) is 19.0 Å². The van der Waals surface area contributed by atoms with Crippen molar-refractivity contribution in [3.63, 3.8) is 0 Å². The van der Waals surface area contributed by atoms with Gasteiger partial charge in [-0.25, -0.2) is 4.57 Å². The lowest BCUT2D eigenvalue weighted by atomic mass is 10.0. The Bertz CT molecular complexity index is 1830. The van der Waals surface area contributed by atoms with Crippen LogP contribution in [0.1, 0.15) is 258 Å². The first-order chi connectivity index (χ1) is 39.8. The summed E-state index contributed by atoms with van der Waals surface area (Å²) in [5.74, 6) is -0.881. The van der Waals surface area contributed by atoms with Crippen molar-refractivity contribution in [3.05, 3.63) is 146 Å². The van der Waals surface area contributed by atoms with Gasteiger partial charge in [0, 0.05) is 19.4 Å². The van der Waals surface area contributed by atoms with Crippen molar-refractivity contribution in [2.45, 2.75) is 264 Å². The van der Waals surface area contributed by atoms with Crippen molar-refractivity contribution < 1.29 is 37.6 Å². The second kappa shape index (κ2) is 65.0. The van der Waals surface area contributed by atoms with Crippen LogP contribution in [0.4, 0.5) is 0 Å². The van der Waals surface area contributed by atoms with E-state index in [2.05, 4.69) is 160 Å². The fourth-order valence-electron chi connectivity index (χ4n) is 8.53. The van der Waals surface area contributed by atoms with Gasteiger partial charge in [-0.15, -0.1) is 0 Å². The van der Waals surface area contributed by atoms with Gasteiger partial charge in [0.15, 0.2) is 6.10 Å². The average Bonchev–Trinajstić information content (AvgIpc) is 3.46. The molecule has 9 nitrogen and oxygen atoms in total. The first-order valence-corrected chi connectivity index (χ1v) is 33.8. The Morgan fingerprint density at radius 2 is 0.642 bits per heavy atom. The molecule has 0 rings (SSSR count). The molecule has 0 fully saturated rings. The Morgan fingerprint density at radius 3 is 0.975 bits per heavy atom. The maximum absolute atomic E-state index is 12.7. The van der Waals surface area contributed by atoms with Gasteiger partial charge in [0.05, 0.1) is 13.2 Å². The summed E-state index contributed by atoms with van der Waals surface area (Å²) in [5.41, 5.74) is 5.39. The molecule has 2 unspecified atom stereocenters. The largest absolute Gasteiger partial charge is 0.472 e. The first kappa shape index (κ1) is 76.9.